The van der Waals surface area contributed by atoms with Crippen LogP contribution in [0.2, 0.25) is 0 Å². The zero-order valence-electron chi connectivity index (χ0n) is 14.7. The van der Waals surface area contributed by atoms with Crippen LogP contribution in [0.25, 0.3) is 0 Å². The van der Waals surface area contributed by atoms with Gasteiger partial charge in [0.2, 0.25) is 5.91 Å². The summed E-state index contributed by atoms with van der Waals surface area (Å²) in [6.07, 6.45) is 4.04. The smallest absolute Gasteiger partial charge is 0.222 e. The average molecular weight is 328 g/mol. The van der Waals surface area contributed by atoms with Gasteiger partial charge in [0.1, 0.15) is 0 Å². The summed E-state index contributed by atoms with van der Waals surface area (Å²) in [6.45, 7) is 7.99. The van der Waals surface area contributed by atoms with Gasteiger partial charge in [-0.05, 0) is 37.7 Å². The molecular formula is C20H28N2O2. The Kier molecular flexibility index (Phi) is 4.35. The van der Waals surface area contributed by atoms with Gasteiger partial charge in [-0.1, -0.05) is 29.8 Å². The Morgan fingerprint density at radius 2 is 2.04 bits per heavy atom. The van der Waals surface area contributed by atoms with Gasteiger partial charge in [0.05, 0.1) is 5.60 Å². The fourth-order valence-corrected chi connectivity index (χ4v) is 4.57. The van der Waals surface area contributed by atoms with Crippen molar-refractivity contribution in [3.05, 3.63) is 35.4 Å². The molecule has 0 bridgehead atoms. The fraction of sp³-hybridized carbons (Fsp3) is 0.650. The third kappa shape index (κ3) is 3.09. The number of benzene rings is 1. The molecule has 0 aromatic heterocycles. The number of hydrogen-bond donors (Lipinski definition) is 0. The van der Waals surface area contributed by atoms with E-state index in [2.05, 4.69) is 41.0 Å². The van der Waals surface area contributed by atoms with Crippen molar-refractivity contribution in [1.82, 2.24) is 9.80 Å². The van der Waals surface area contributed by atoms with E-state index in [0.717, 1.165) is 65.0 Å². The lowest BCUT2D eigenvalue weighted by Gasteiger charge is -2.50. The first-order chi connectivity index (χ1) is 11.6. The minimum atomic E-state index is 0.0630. The second kappa shape index (κ2) is 6.49. The summed E-state index contributed by atoms with van der Waals surface area (Å²) in [6, 6.07) is 8.83. The summed E-state index contributed by atoms with van der Waals surface area (Å²) in [5.74, 6) is 0.956. The van der Waals surface area contributed by atoms with Gasteiger partial charge in [-0.15, -0.1) is 0 Å². The highest BCUT2D eigenvalue weighted by atomic mass is 16.5. The third-order valence-electron chi connectivity index (χ3n) is 6.03. The van der Waals surface area contributed by atoms with E-state index in [1.807, 2.05) is 0 Å². The fourth-order valence-electron chi connectivity index (χ4n) is 4.57. The van der Waals surface area contributed by atoms with Gasteiger partial charge < -0.3 is 9.64 Å². The summed E-state index contributed by atoms with van der Waals surface area (Å²) in [5, 5.41) is 0. The van der Waals surface area contributed by atoms with E-state index in [4.69, 9.17) is 4.74 Å². The highest BCUT2D eigenvalue weighted by Crippen LogP contribution is 2.42. The van der Waals surface area contributed by atoms with Crippen molar-refractivity contribution >= 4 is 5.91 Å². The van der Waals surface area contributed by atoms with Crippen LogP contribution >= 0.6 is 0 Å². The zero-order chi connectivity index (χ0) is 16.6. The minimum absolute atomic E-state index is 0.0630. The lowest BCUT2D eigenvalue weighted by Crippen LogP contribution is -2.64. The summed E-state index contributed by atoms with van der Waals surface area (Å²) < 4.78 is 6.17. The maximum atomic E-state index is 11.8. The number of carbonyl (C=O) groups is 1. The van der Waals surface area contributed by atoms with E-state index in [0.29, 0.717) is 11.8 Å². The van der Waals surface area contributed by atoms with Gasteiger partial charge in [0.15, 0.2) is 0 Å². The second-order valence-electron chi connectivity index (χ2n) is 7.80. The first-order valence-electron chi connectivity index (χ1n) is 9.34. The van der Waals surface area contributed by atoms with Crippen LogP contribution < -0.4 is 0 Å². The molecule has 3 aliphatic rings. The average Bonchev–Trinajstić information content (AvgIpc) is 3.13. The van der Waals surface area contributed by atoms with E-state index in [-0.39, 0.29) is 5.60 Å². The molecule has 0 radical (unpaired) electrons. The molecule has 1 aromatic rings. The maximum absolute atomic E-state index is 11.8. The van der Waals surface area contributed by atoms with Crippen LogP contribution in [0.4, 0.5) is 0 Å². The number of rotatable bonds is 5. The number of nitrogens with zero attached hydrogens (tertiary/aromatic N) is 2. The standard InChI is InChI=1S/C20H28N2O2/c1-16-4-6-17(7-5-16)13-21-14-20(15-21)18(9-12-24-20)8-11-22-10-2-3-19(22)23/h4-7,18H,2-3,8-15H2,1H3. The SMILES string of the molecule is Cc1ccc(CN2CC3(C2)OCCC3CCN2CCCC2=O)cc1. The molecule has 1 amide bonds. The lowest BCUT2D eigenvalue weighted by molar-refractivity contribution is -0.139. The molecule has 1 unspecified atom stereocenters. The third-order valence-corrected chi connectivity index (χ3v) is 6.03. The van der Waals surface area contributed by atoms with E-state index < -0.39 is 0 Å². The predicted molar refractivity (Wildman–Crippen MR) is 93.7 cm³/mol. The first-order valence-corrected chi connectivity index (χ1v) is 9.34. The summed E-state index contributed by atoms with van der Waals surface area (Å²) in [4.78, 5) is 16.3. The molecule has 0 aliphatic carbocycles. The van der Waals surface area contributed by atoms with Crippen LogP contribution in [0.15, 0.2) is 24.3 Å². The molecule has 0 N–H and O–H groups in total. The molecule has 1 atom stereocenters. The molecule has 3 fully saturated rings. The number of ether oxygens (including phenoxy) is 1. The largest absolute Gasteiger partial charge is 0.372 e. The minimum Gasteiger partial charge on any atom is -0.372 e. The molecule has 3 aliphatic heterocycles. The molecule has 1 aromatic carbocycles. The molecule has 24 heavy (non-hydrogen) atoms. The summed E-state index contributed by atoms with van der Waals surface area (Å²) >= 11 is 0. The topological polar surface area (TPSA) is 32.8 Å². The first kappa shape index (κ1) is 16.1. The number of amides is 1. The lowest BCUT2D eigenvalue weighted by atomic mass is 9.78. The van der Waals surface area contributed by atoms with E-state index in [1.54, 1.807) is 0 Å². The Morgan fingerprint density at radius 3 is 2.75 bits per heavy atom. The van der Waals surface area contributed by atoms with Crippen LogP contribution in [-0.2, 0) is 16.1 Å². The molecule has 3 heterocycles. The van der Waals surface area contributed by atoms with Crippen LogP contribution in [0, 0.1) is 12.8 Å². The van der Waals surface area contributed by atoms with Gasteiger partial charge in [-0.25, -0.2) is 0 Å². The Balaban J connectivity index is 1.29. The van der Waals surface area contributed by atoms with Crippen LogP contribution in [0.3, 0.4) is 0 Å². The van der Waals surface area contributed by atoms with Crippen LogP contribution in [0.5, 0.6) is 0 Å². The van der Waals surface area contributed by atoms with Crippen LogP contribution in [-0.4, -0.2) is 54.1 Å². The highest BCUT2D eigenvalue weighted by molar-refractivity contribution is 5.78. The monoisotopic (exact) mass is 328 g/mol. The zero-order valence-corrected chi connectivity index (χ0v) is 14.7. The Labute approximate surface area is 144 Å². The molecule has 130 valence electrons. The molecule has 4 nitrogen and oxygen atoms in total. The Bertz CT molecular complexity index is 592. The van der Waals surface area contributed by atoms with E-state index in [9.17, 15) is 4.79 Å². The number of carbonyl (C=O) groups excluding carboxylic acids is 1. The van der Waals surface area contributed by atoms with Crippen molar-refractivity contribution in [2.75, 3.05) is 32.8 Å². The van der Waals surface area contributed by atoms with E-state index in [1.165, 1.54) is 11.1 Å². The number of likely N-dealkylation sites (tertiary alicyclic amines) is 2. The number of hydrogen-bond acceptors (Lipinski definition) is 3. The molecule has 3 saturated heterocycles. The van der Waals surface area contributed by atoms with Crippen molar-refractivity contribution in [3.63, 3.8) is 0 Å². The van der Waals surface area contributed by atoms with Gasteiger partial charge in [0, 0.05) is 45.8 Å². The summed E-state index contributed by atoms with van der Waals surface area (Å²) in [5.41, 5.74) is 2.76. The number of aryl methyl sites for hydroxylation is 1. The van der Waals surface area contributed by atoms with Gasteiger partial charge in [-0.2, -0.15) is 0 Å². The van der Waals surface area contributed by atoms with Gasteiger partial charge >= 0.3 is 0 Å². The Morgan fingerprint density at radius 1 is 1.25 bits per heavy atom. The van der Waals surface area contributed by atoms with Crippen molar-refractivity contribution in [2.45, 2.75) is 44.8 Å². The molecule has 0 saturated carbocycles. The molecule has 4 heteroatoms. The second-order valence-corrected chi connectivity index (χ2v) is 7.80. The van der Waals surface area contributed by atoms with Crippen molar-refractivity contribution in [2.24, 2.45) is 5.92 Å². The Hall–Kier alpha value is -1.39. The highest BCUT2D eigenvalue weighted by Gasteiger charge is 2.52. The van der Waals surface area contributed by atoms with Crippen molar-refractivity contribution in [3.8, 4) is 0 Å². The van der Waals surface area contributed by atoms with Crippen LogP contribution in [0.1, 0.15) is 36.8 Å². The quantitative estimate of drug-likeness (QED) is 0.833. The predicted octanol–water partition coefficient (Wildman–Crippen LogP) is 2.60. The summed E-state index contributed by atoms with van der Waals surface area (Å²) in [7, 11) is 0. The maximum Gasteiger partial charge on any atom is 0.222 e. The molecular weight excluding hydrogens is 300 g/mol. The normalized spacial score (nSPS) is 26.3. The molecule has 1 spiro atoms. The van der Waals surface area contributed by atoms with Gasteiger partial charge in [-0.3, -0.25) is 9.69 Å². The van der Waals surface area contributed by atoms with Crippen molar-refractivity contribution in [1.29, 1.82) is 0 Å². The molecule has 4 rings (SSSR count). The van der Waals surface area contributed by atoms with Gasteiger partial charge in [0.25, 0.3) is 0 Å². The van der Waals surface area contributed by atoms with Crippen molar-refractivity contribution < 1.29 is 9.53 Å². The van der Waals surface area contributed by atoms with E-state index >= 15 is 0 Å².